The van der Waals surface area contributed by atoms with Crippen molar-refractivity contribution >= 4 is 11.8 Å². The van der Waals surface area contributed by atoms with E-state index in [1.165, 1.54) is 12.8 Å². The van der Waals surface area contributed by atoms with Crippen molar-refractivity contribution in [3.05, 3.63) is 82.5 Å². The van der Waals surface area contributed by atoms with Gasteiger partial charge < -0.3 is 14.5 Å². The third-order valence-corrected chi connectivity index (χ3v) is 5.07. The minimum Gasteiger partial charge on any atom is -0.493 e. The maximum absolute atomic E-state index is 12.3. The molecule has 5 heteroatoms. The monoisotopic (exact) mass is 376 g/mol. The van der Waals surface area contributed by atoms with E-state index >= 15 is 0 Å². The number of rotatable bonds is 6. The van der Waals surface area contributed by atoms with Crippen LogP contribution in [0.5, 0.6) is 11.5 Å². The molecule has 1 N–H and O–H groups in total. The lowest BCUT2D eigenvalue weighted by atomic mass is 10.1. The van der Waals surface area contributed by atoms with Crippen molar-refractivity contribution in [2.75, 3.05) is 7.11 Å². The fourth-order valence-corrected chi connectivity index (χ4v) is 3.62. The molecule has 0 amide bonds. The summed E-state index contributed by atoms with van der Waals surface area (Å²) >= 11 is 0. The number of hydrogen-bond donors (Lipinski definition) is 1. The third-order valence-electron chi connectivity index (χ3n) is 5.07. The molecule has 1 fully saturated rings. The Morgan fingerprint density at radius 3 is 2.57 bits per heavy atom. The van der Waals surface area contributed by atoms with Crippen molar-refractivity contribution in [1.29, 1.82) is 0 Å². The highest BCUT2D eigenvalue weighted by atomic mass is 16.5. The molecule has 0 aliphatic heterocycles. The predicted octanol–water partition coefficient (Wildman–Crippen LogP) is 4.55. The van der Waals surface area contributed by atoms with Crippen LogP contribution in [0.15, 0.2) is 65.7 Å². The molecule has 4 rings (SSSR count). The highest BCUT2D eigenvalue weighted by Gasteiger charge is 2.19. The third kappa shape index (κ3) is 3.88. The molecule has 0 unspecified atom stereocenters. The van der Waals surface area contributed by atoms with Crippen LogP contribution in [-0.4, -0.2) is 22.8 Å². The van der Waals surface area contributed by atoms with Gasteiger partial charge in [-0.25, -0.2) is 4.79 Å². The highest BCUT2D eigenvalue weighted by Crippen LogP contribution is 2.34. The van der Waals surface area contributed by atoms with Gasteiger partial charge in [0.2, 0.25) is 0 Å². The molecule has 0 bridgehead atoms. The zero-order valence-corrected chi connectivity index (χ0v) is 15.9. The summed E-state index contributed by atoms with van der Waals surface area (Å²) in [6.07, 6.45) is 10.1. The Kier molecular flexibility index (Phi) is 5.33. The number of hydrogen-bond acceptors (Lipinski definition) is 3. The molecule has 1 aliphatic rings. The number of ether oxygens (including phenoxy) is 2. The second-order valence-electron chi connectivity index (χ2n) is 6.97. The number of nitrogens with zero attached hydrogens (tertiary/aromatic N) is 1. The first-order valence-electron chi connectivity index (χ1n) is 9.63. The van der Waals surface area contributed by atoms with Crippen LogP contribution in [0.4, 0.5) is 0 Å². The molecule has 1 aliphatic carbocycles. The van der Waals surface area contributed by atoms with Gasteiger partial charge in [0.05, 0.1) is 18.9 Å². The van der Waals surface area contributed by atoms with Crippen molar-refractivity contribution in [2.45, 2.75) is 31.8 Å². The molecular formula is C23H24N2O3. The van der Waals surface area contributed by atoms with Gasteiger partial charge in [-0.1, -0.05) is 30.3 Å². The van der Waals surface area contributed by atoms with Crippen molar-refractivity contribution in [3.63, 3.8) is 0 Å². The lowest BCUT2D eigenvalue weighted by Gasteiger charge is -2.18. The topological polar surface area (TPSA) is 56.2 Å². The predicted molar refractivity (Wildman–Crippen MR) is 111 cm³/mol. The summed E-state index contributed by atoms with van der Waals surface area (Å²) in [5, 5.41) is 0. The van der Waals surface area contributed by atoms with E-state index in [4.69, 9.17) is 9.47 Å². The van der Waals surface area contributed by atoms with Crippen LogP contribution in [-0.2, 0) is 0 Å². The number of nitrogens with one attached hydrogen (secondary N) is 1. The van der Waals surface area contributed by atoms with E-state index in [2.05, 4.69) is 4.98 Å². The fraction of sp³-hybridized carbons (Fsp3) is 0.261. The smallest absolute Gasteiger partial charge is 0.330 e. The van der Waals surface area contributed by atoms with Gasteiger partial charge in [0, 0.05) is 18.0 Å². The van der Waals surface area contributed by atoms with Crippen LogP contribution >= 0.6 is 0 Å². The van der Waals surface area contributed by atoms with E-state index in [1.54, 1.807) is 24.1 Å². The van der Waals surface area contributed by atoms with Gasteiger partial charge in [0.25, 0.3) is 0 Å². The number of aromatic amines is 1. The van der Waals surface area contributed by atoms with Crippen LogP contribution in [0.25, 0.3) is 11.8 Å². The molecular weight excluding hydrogens is 352 g/mol. The van der Waals surface area contributed by atoms with Crippen molar-refractivity contribution in [2.24, 2.45) is 0 Å². The first kappa shape index (κ1) is 18.2. The largest absolute Gasteiger partial charge is 0.493 e. The van der Waals surface area contributed by atoms with E-state index in [1.807, 2.05) is 54.6 Å². The van der Waals surface area contributed by atoms with Gasteiger partial charge in [-0.15, -0.1) is 0 Å². The quantitative estimate of drug-likeness (QED) is 0.642. The summed E-state index contributed by atoms with van der Waals surface area (Å²) in [5.74, 6) is 1.42. The molecule has 0 atom stereocenters. The Labute approximate surface area is 164 Å². The van der Waals surface area contributed by atoms with Crippen LogP contribution in [0.1, 0.15) is 36.8 Å². The normalized spacial score (nSPS) is 15.0. The van der Waals surface area contributed by atoms with Gasteiger partial charge in [0.15, 0.2) is 11.5 Å². The van der Waals surface area contributed by atoms with Gasteiger partial charge >= 0.3 is 5.69 Å². The Morgan fingerprint density at radius 2 is 1.89 bits per heavy atom. The molecule has 144 valence electrons. The lowest BCUT2D eigenvalue weighted by molar-refractivity contribution is 0.200. The molecule has 1 saturated carbocycles. The summed E-state index contributed by atoms with van der Waals surface area (Å²) in [6.45, 7) is 0. The molecule has 1 heterocycles. The van der Waals surface area contributed by atoms with E-state index in [0.717, 1.165) is 35.4 Å². The van der Waals surface area contributed by atoms with E-state index < -0.39 is 0 Å². The number of H-pyrrole nitrogens is 1. The first-order valence-corrected chi connectivity index (χ1v) is 9.63. The van der Waals surface area contributed by atoms with Crippen LogP contribution in [0.2, 0.25) is 0 Å². The molecule has 2 aromatic carbocycles. The number of imidazole rings is 1. The molecule has 3 aromatic rings. The summed E-state index contributed by atoms with van der Waals surface area (Å²) in [6, 6.07) is 15.8. The number of methoxy groups -OCH3 is 1. The molecule has 0 spiro atoms. The Morgan fingerprint density at radius 1 is 1.11 bits per heavy atom. The summed E-state index contributed by atoms with van der Waals surface area (Å²) < 4.78 is 13.3. The molecule has 0 radical (unpaired) electrons. The highest BCUT2D eigenvalue weighted by molar-refractivity contribution is 5.82. The molecule has 5 nitrogen and oxygen atoms in total. The van der Waals surface area contributed by atoms with Gasteiger partial charge in [-0.05, 0) is 55.5 Å². The van der Waals surface area contributed by atoms with Crippen LogP contribution in [0.3, 0.4) is 0 Å². The van der Waals surface area contributed by atoms with Crippen molar-refractivity contribution < 1.29 is 9.47 Å². The Hall–Kier alpha value is -3.21. The zero-order valence-electron chi connectivity index (χ0n) is 15.9. The van der Waals surface area contributed by atoms with Gasteiger partial charge in [-0.2, -0.15) is 0 Å². The van der Waals surface area contributed by atoms with Gasteiger partial charge in [-0.3, -0.25) is 4.57 Å². The molecule has 1 aromatic heterocycles. The second kappa shape index (κ2) is 8.21. The fourth-order valence-electron chi connectivity index (χ4n) is 3.62. The SMILES string of the molecule is COc1ccc(C(=Cc2ccccc2)n2cc[nH]c2=O)cc1OC1CCCC1. The zero-order chi connectivity index (χ0) is 19.3. The Balaban J connectivity index is 1.79. The maximum atomic E-state index is 12.3. The number of aromatic nitrogens is 2. The van der Waals surface area contributed by atoms with E-state index in [9.17, 15) is 4.79 Å². The van der Waals surface area contributed by atoms with Gasteiger partial charge in [0.1, 0.15) is 0 Å². The number of benzene rings is 2. The average Bonchev–Trinajstić information content (AvgIpc) is 3.39. The van der Waals surface area contributed by atoms with Crippen molar-refractivity contribution in [3.8, 4) is 11.5 Å². The second-order valence-corrected chi connectivity index (χ2v) is 6.97. The van der Waals surface area contributed by atoms with Crippen molar-refractivity contribution in [1.82, 2.24) is 9.55 Å². The minimum absolute atomic E-state index is 0.184. The summed E-state index contributed by atoms with van der Waals surface area (Å²) in [4.78, 5) is 15.0. The molecule has 0 saturated heterocycles. The van der Waals surface area contributed by atoms with Crippen LogP contribution in [0, 0.1) is 0 Å². The lowest BCUT2D eigenvalue weighted by Crippen LogP contribution is -2.16. The average molecular weight is 376 g/mol. The summed E-state index contributed by atoms with van der Waals surface area (Å²) in [5.41, 5.74) is 2.49. The molecule has 28 heavy (non-hydrogen) atoms. The van der Waals surface area contributed by atoms with Crippen LogP contribution < -0.4 is 15.2 Å². The maximum Gasteiger partial charge on any atom is 0.330 e. The van der Waals surface area contributed by atoms with E-state index in [-0.39, 0.29) is 11.8 Å². The Bertz CT molecular complexity index is 1010. The summed E-state index contributed by atoms with van der Waals surface area (Å²) in [7, 11) is 1.65. The first-order chi connectivity index (χ1) is 13.7. The minimum atomic E-state index is -0.184. The van der Waals surface area contributed by atoms with E-state index in [0.29, 0.717) is 5.75 Å². The standard InChI is InChI=1S/C23H24N2O3/c1-27-21-12-11-18(16-22(21)28-19-9-5-6-10-19)20(25-14-13-24-23(25)26)15-17-7-3-2-4-8-17/h2-4,7-8,11-16,19H,5-6,9-10H2,1H3,(H,24,26).